The minimum absolute atomic E-state index is 0.222. The molecule has 1 atom stereocenters. The number of hydrogen-bond acceptors (Lipinski definition) is 2. The molecule has 3 rings (SSSR count). The maximum atomic E-state index is 11.8. The lowest BCUT2D eigenvalue weighted by molar-refractivity contribution is -0.117. The number of benzene rings is 1. The molecule has 124 valence electrons. The topological polar surface area (TPSA) is 61.9 Å². The SMILES string of the molecule is CC1CCCN(C(N)=NCc2ccc(N3CCCC3=O)cc2)C1. The number of rotatable bonds is 3. The zero-order valence-corrected chi connectivity index (χ0v) is 13.9. The average Bonchev–Trinajstić information content (AvgIpc) is 2.99. The van der Waals surface area contributed by atoms with Crippen molar-refractivity contribution in [1.29, 1.82) is 0 Å². The maximum Gasteiger partial charge on any atom is 0.227 e. The minimum atomic E-state index is 0.222. The van der Waals surface area contributed by atoms with Gasteiger partial charge in [0.05, 0.1) is 6.54 Å². The molecule has 2 N–H and O–H groups in total. The highest BCUT2D eigenvalue weighted by molar-refractivity contribution is 5.95. The van der Waals surface area contributed by atoms with Gasteiger partial charge >= 0.3 is 0 Å². The Balaban J connectivity index is 1.59. The third-order valence-corrected chi connectivity index (χ3v) is 4.73. The van der Waals surface area contributed by atoms with E-state index >= 15 is 0 Å². The molecule has 1 aromatic rings. The number of piperidine rings is 1. The van der Waals surface area contributed by atoms with Crippen LogP contribution in [-0.4, -0.2) is 36.4 Å². The van der Waals surface area contributed by atoms with Gasteiger partial charge in [-0.05, 0) is 42.9 Å². The molecule has 0 saturated carbocycles. The molecule has 2 saturated heterocycles. The molecule has 2 aliphatic heterocycles. The van der Waals surface area contributed by atoms with E-state index in [1.165, 1.54) is 12.8 Å². The molecule has 2 heterocycles. The Bertz CT molecular complexity index is 581. The van der Waals surface area contributed by atoms with Crippen molar-refractivity contribution >= 4 is 17.6 Å². The second-order valence-electron chi connectivity index (χ2n) is 6.68. The smallest absolute Gasteiger partial charge is 0.227 e. The van der Waals surface area contributed by atoms with Crippen molar-refractivity contribution in [2.45, 2.75) is 39.2 Å². The summed E-state index contributed by atoms with van der Waals surface area (Å²) < 4.78 is 0. The molecule has 23 heavy (non-hydrogen) atoms. The van der Waals surface area contributed by atoms with Crippen molar-refractivity contribution in [2.24, 2.45) is 16.6 Å². The largest absolute Gasteiger partial charge is 0.370 e. The van der Waals surface area contributed by atoms with Crippen molar-refractivity contribution in [3.05, 3.63) is 29.8 Å². The van der Waals surface area contributed by atoms with Crippen LogP contribution in [0.2, 0.25) is 0 Å². The van der Waals surface area contributed by atoms with Gasteiger partial charge in [0.15, 0.2) is 5.96 Å². The zero-order chi connectivity index (χ0) is 16.2. The van der Waals surface area contributed by atoms with Crippen LogP contribution in [0.15, 0.2) is 29.3 Å². The molecule has 1 amide bonds. The lowest BCUT2D eigenvalue weighted by atomic mass is 10.0. The van der Waals surface area contributed by atoms with Gasteiger partial charge in [-0.3, -0.25) is 4.79 Å². The van der Waals surface area contributed by atoms with Gasteiger partial charge < -0.3 is 15.5 Å². The second-order valence-corrected chi connectivity index (χ2v) is 6.68. The molecular formula is C18H26N4O. The molecule has 1 unspecified atom stereocenters. The van der Waals surface area contributed by atoms with Crippen LogP contribution in [0.3, 0.4) is 0 Å². The van der Waals surface area contributed by atoms with E-state index in [-0.39, 0.29) is 5.91 Å². The van der Waals surface area contributed by atoms with Gasteiger partial charge in [-0.25, -0.2) is 4.99 Å². The van der Waals surface area contributed by atoms with E-state index in [0.29, 0.717) is 24.8 Å². The predicted octanol–water partition coefficient (Wildman–Crippen LogP) is 2.36. The first kappa shape index (κ1) is 15.8. The van der Waals surface area contributed by atoms with Gasteiger partial charge in [-0.1, -0.05) is 19.1 Å². The quantitative estimate of drug-likeness (QED) is 0.688. The van der Waals surface area contributed by atoms with Crippen molar-refractivity contribution in [1.82, 2.24) is 4.90 Å². The van der Waals surface area contributed by atoms with Crippen LogP contribution in [0.25, 0.3) is 0 Å². The Morgan fingerprint density at radius 2 is 2.04 bits per heavy atom. The molecule has 0 aromatic heterocycles. The Kier molecular flexibility index (Phi) is 4.84. The van der Waals surface area contributed by atoms with Crippen LogP contribution in [0, 0.1) is 5.92 Å². The fourth-order valence-electron chi connectivity index (χ4n) is 3.37. The minimum Gasteiger partial charge on any atom is -0.370 e. The van der Waals surface area contributed by atoms with E-state index in [0.717, 1.165) is 37.3 Å². The van der Waals surface area contributed by atoms with Crippen LogP contribution in [-0.2, 0) is 11.3 Å². The molecule has 0 spiro atoms. The molecule has 0 aliphatic carbocycles. The summed E-state index contributed by atoms with van der Waals surface area (Å²) in [5.41, 5.74) is 8.23. The van der Waals surface area contributed by atoms with Gasteiger partial charge in [0.1, 0.15) is 0 Å². The summed E-state index contributed by atoms with van der Waals surface area (Å²) in [4.78, 5) is 20.3. The van der Waals surface area contributed by atoms with Crippen molar-refractivity contribution < 1.29 is 4.79 Å². The van der Waals surface area contributed by atoms with Gasteiger partial charge in [0.25, 0.3) is 0 Å². The highest BCUT2D eigenvalue weighted by atomic mass is 16.2. The van der Waals surface area contributed by atoms with E-state index in [4.69, 9.17) is 5.73 Å². The first-order valence-corrected chi connectivity index (χ1v) is 8.57. The number of carbonyl (C=O) groups is 1. The Labute approximate surface area is 138 Å². The fraction of sp³-hybridized carbons (Fsp3) is 0.556. The molecule has 0 bridgehead atoms. The third-order valence-electron chi connectivity index (χ3n) is 4.73. The number of carbonyl (C=O) groups excluding carboxylic acids is 1. The van der Waals surface area contributed by atoms with Gasteiger partial charge in [-0.2, -0.15) is 0 Å². The lowest BCUT2D eigenvalue weighted by Gasteiger charge is -2.31. The number of likely N-dealkylation sites (tertiary alicyclic amines) is 1. The third kappa shape index (κ3) is 3.84. The van der Waals surface area contributed by atoms with E-state index in [1.54, 1.807) is 0 Å². The summed E-state index contributed by atoms with van der Waals surface area (Å²) >= 11 is 0. The summed E-state index contributed by atoms with van der Waals surface area (Å²) in [5, 5.41) is 0. The summed E-state index contributed by atoms with van der Waals surface area (Å²) in [6.07, 6.45) is 4.09. The Hall–Kier alpha value is -2.04. The summed E-state index contributed by atoms with van der Waals surface area (Å²) in [6, 6.07) is 8.09. The molecular weight excluding hydrogens is 288 g/mol. The number of guanidine groups is 1. The van der Waals surface area contributed by atoms with E-state index in [1.807, 2.05) is 29.2 Å². The Morgan fingerprint density at radius 3 is 2.70 bits per heavy atom. The van der Waals surface area contributed by atoms with Crippen LogP contribution in [0.5, 0.6) is 0 Å². The lowest BCUT2D eigenvalue weighted by Crippen LogP contribution is -2.43. The highest BCUT2D eigenvalue weighted by Gasteiger charge is 2.21. The van der Waals surface area contributed by atoms with Crippen molar-refractivity contribution in [2.75, 3.05) is 24.5 Å². The fourth-order valence-corrected chi connectivity index (χ4v) is 3.37. The van der Waals surface area contributed by atoms with Gasteiger partial charge in [0.2, 0.25) is 5.91 Å². The average molecular weight is 314 g/mol. The number of aliphatic imine (C=N–C) groups is 1. The molecule has 0 radical (unpaired) electrons. The second kappa shape index (κ2) is 7.02. The van der Waals surface area contributed by atoms with E-state index in [2.05, 4.69) is 16.8 Å². The van der Waals surface area contributed by atoms with E-state index < -0.39 is 0 Å². The normalized spacial score (nSPS) is 22.7. The van der Waals surface area contributed by atoms with E-state index in [9.17, 15) is 4.79 Å². The van der Waals surface area contributed by atoms with Crippen LogP contribution < -0.4 is 10.6 Å². The molecule has 5 heteroatoms. The molecule has 1 aromatic carbocycles. The highest BCUT2D eigenvalue weighted by Crippen LogP contribution is 2.22. The van der Waals surface area contributed by atoms with Crippen molar-refractivity contribution in [3.63, 3.8) is 0 Å². The van der Waals surface area contributed by atoms with Gasteiger partial charge in [0, 0.05) is 31.7 Å². The summed E-state index contributed by atoms with van der Waals surface area (Å²) in [5.74, 6) is 1.56. The van der Waals surface area contributed by atoms with Crippen LogP contribution in [0.1, 0.15) is 38.2 Å². The summed E-state index contributed by atoms with van der Waals surface area (Å²) in [7, 11) is 0. The molecule has 2 fully saturated rings. The van der Waals surface area contributed by atoms with Gasteiger partial charge in [-0.15, -0.1) is 0 Å². The first-order chi connectivity index (χ1) is 11.1. The Morgan fingerprint density at radius 1 is 1.26 bits per heavy atom. The summed E-state index contributed by atoms with van der Waals surface area (Å²) in [6.45, 7) is 5.69. The monoisotopic (exact) mass is 314 g/mol. The van der Waals surface area contributed by atoms with Crippen molar-refractivity contribution in [3.8, 4) is 0 Å². The number of nitrogens with two attached hydrogens (primary N) is 1. The number of amides is 1. The zero-order valence-electron chi connectivity index (χ0n) is 13.9. The maximum absolute atomic E-state index is 11.8. The first-order valence-electron chi connectivity index (χ1n) is 8.57. The predicted molar refractivity (Wildman–Crippen MR) is 93.3 cm³/mol. The van der Waals surface area contributed by atoms with Crippen LogP contribution in [0.4, 0.5) is 5.69 Å². The number of anilines is 1. The van der Waals surface area contributed by atoms with Crippen LogP contribution >= 0.6 is 0 Å². The molecule has 2 aliphatic rings. The number of nitrogens with zero attached hydrogens (tertiary/aromatic N) is 3. The molecule has 5 nitrogen and oxygen atoms in total. The standard InChI is InChI=1S/C18H26N4O/c1-14-4-2-10-21(13-14)18(19)20-12-15-6-8-16(9-7-15)22-11-3-5-17(22)23/h6-9,14H,2-5,10-13H2,1H3,(H2,19,20). The number of hydrogen-bond donors (Lipinski definition) is 1.